The topological polar surface area (TPSA) is 58.4 Å². The van der Waals surface area contributed by atoms with Crippen LogP contribution >= 0.6 is 0 Å². The van der Waals surface area contributed by atoms with E-state index in [1.807, 2.05) is 64.4 Å². The number of benzene rings is 2. The van der Waals surface area contributed by atoms with Gasteiger partial charge in [-0.15, -0.1) is 0 Å². The molecule has 0 saturated heterocycles. The highest BCUT2D eigenvalue weighted by molar-refractivity contribution is 6.06. The summed E-state index contributed by atoms with van der Waals surface area (Å²) >= 11 is 0. The van der Waals surface area contributed by atoms with Crippen molar-refractivity contribution in [2.75, 3.05) is 9.80 Å². The van der Waals surface area contributed by atoms with E-state index in [2.05, 4.69) is 4.98 Å². The van der Waals surface area contributed by atoms with E-state index in [1.54, 1.807) is 23.3 Å². The van der Waals surface area contributed by atoms with Crippen LogP contribution in [0.1, 0.15) is 24.8 Å². The van der Waals surface area contributed by atoms with Gasteiger partial charge in [0.2, 0.25) is 11.8 Å². The summed E-state index contributed by atoms with van der Waals surface area (Å²) in [6.07, 6.45) is 7.74. The summed E-state index contributed by atoms with van der Waals surface area (Å²) < 4.78 is 1.78. The molecule has 2 aromatic carbocycles. The zero-order chi connectivity index (χ0) is 20.5. The Morgan fingerprint density at radius 2 is 1.77 bits per heavy atom. The van der Waals surface area contributed by atoms with Crippen LogP contribution in [0.5, 0.6) is 0 Å². The second-order valence-electron chi connectivity index (χ2n) is 8.00. The van der Waals surface area contributed by atoms with E-state index in [-0.39, 0.29) is 30.3 Å². The fourth-order valence-electron chi connectivity index (χ4n) is 4.79. The van der Waals surface area contributed by atoms with Gasteiger partial charge in [0.1, 0.15) is 6.54 Å². The van der Waals surface area contributed by atoms with Gasteiger partial charge < -0.3 is 14.4 Å². The van der Waals surface area contributed by atoms with Crippen LogP contribution in [-0.2, 0) is 22.7 Å². The molecule has 0 bridgehead atoms. The molecule has 2 heterocycles. The first-order chi connectivity index (χ1) is 14.7. The lowest BCUT2D eigenvalue weighted by Gasteiger charge is -2.30. The Morgan fingerprint density at radius 3 is 2.53 bits per heavy atom. The van der Waals surface area contributed by atoms with Crippen LogP contribution in [-0.4, -0.2) is 27.4 Å². The highest BCUT2D eigenvalue weighted by atomic mass is 16.2. The first-order valence-corrected chi connectivity index (χ1v) is 10.4. The van der Waals surface area contributed by atoms with Crippen molar-refractivity contribution < 1.29 is 9.59 Å². The van der Waals surface area contributed by atoms with Gasteiger partial charge in [0.15, 0.2) is 0 Å². The maximum absolute atomic E-state index is 13.7. The van der Waals surface area contributed by atoms with Crippen molar-refractivity contribution >= 4 is 23.2 Å². The molecule has 30 heavy (non-hydrogen) atoms. The minimum Gasteiger partial charge on any atom is -0.328 e. The monoisotopic (exact) mass is 400 g/mol. The van der Waals surface area contributed by atoms with Crippen molar-refractivity contribution in [2.24, 2.45) is 5.92 Å². The van der Waals surface area contributed by atoms with Crippen LogP contribution < -0.4 is 9.80 Å². The number of nitrogens with zero attached hydrogens (tertiary/aromatic N) is 4. The third-order valence-electron chi connectivity index (χ3n) is 6.16. The number of amides is 2. The van der Waals surface area contributed by atoms with E-state index in [0.717, 1.165) is 36.2 Å². The molecule has 2 aliphatic rings. The Balaban J connectivity index is 1.58. The minimum atomic E-state index is -0.173. The molecule has 0 radical (unpaired) electrons. The van der Waals surface area contributed by atoms with Gasteiger partial charge in [-0.2, -0.15) is 0 Å². The van der Waals surface area contributed by atoms with Crippen molar-refractivity contribution in [3.05, 3.63) is 78.9 Å². The average Bonchev–Trinajstić information content (AvgIpc) is 3.44. The largest absolute Gasteiger partial charge is 0.328 e. The van der Waals surface area contributed by atoms with Gasteiger partial charge in [-0.3, -0.25) is 9.59 Å². The number of anilines is 2. The van der Waals surface area contributed by atoms with E-state index >= 15 is 0 Å². The molecular weight excluding hydrogens is 376 g/mol. The SMILES string of the molecule is O=C1[C@H]2CCC[C@H]2N(C(=O)Cn2ccnc2)c2ccccc2N1Cc1ccccc1. The summed E-state index contributed by atoms with van der Waals surface area (Å²) in [5.74, 6) is -0.0636. The predicted octanol–water partition coefficient (Wildman–Crippen LogP) is 3.63. The number of imidazole rings is 1. The molecule has 1 fully saturated rings. The second-order valence-corrected chi connectivity index (χ2v) is 8.00. The molecule has 5 rings (SSSR count). The maximum atomic E-state index is 13.7. The highest BCUT2D eigenvalue weighted by Crippen LogP contribution is 2.43. The molecule has 3 aromatic rings. The maximum Gasteiger partial charge on any atom is 0.247 e. The van der Waals surface area contributed by atoms with Crippen LogP contribution in [0.25, 0.3) is 0 Å². The standard InChI is InChI=1S/C24H24N4O2/c29-23(16-26-14-13-25-17-26)28-20-12-6-9-19(20)24(30)27(15-18-7-2-1-3-8-18)21-10-4-5-11-22(21)28/h1-5,7-8,10-11,13-14,17,19-20H,6,9,12,15-16H2/t19-,20+/m0/s1. The number of hydrogen-bond donors (Lipinski definition) is 0. The Morgan fingerprint density at radius 1 is 1.00 bits per heavy atom. The highest BCUT2D eigenvalue weighted by Gasteiger charge is 2.45. The van der Waals surface area contributed by atoms with Crippen molar-refractivity contribution in [3.63, 3.8) is 0 Å². The lowest BCUT2D eigenvalue weighted by atomic mass is 10.0. The lowest BCUT2D eigenvalue weighted by molar-refractivity contribution is -0.123. The number of carbonyl (C=O) groups excluding carboxylic acids is 2. The lowest BCUT2D eigenvalue weighted by Crippen LogP contribution is -2.46. The molecule has 6 nitrogen and oxygen atoms in total. The first kappa shape index (κ1) is 18.6. The molecule has 152 valence electrons. The summed E-state index contributed by atoms with van der Waals surface area (Å²) in [4.78, 5) is 34.9. The van der Waals surface area contributed by atoms with Crippen LogP contribution in [0, 0.1) is 5.92 Å². The Hall–Kier alpha value is -3.41. The normalized spacial score (nSPS) is 20.6. The zero-order valence-corrected chi connectivity index (χ0v) is 16.7. The molecular formula is C24H24N4O2. The quantitative estimate of drug-likeness (QED) is 0.672. The second kappa shape index (κ2) is 7.78. The molecule has 0 N–H and O–H groups in total. The van der Waals surface area contributed by atoms with Crippen LogP contribution in [0.4, 0.5) is 11.4 Å². The Kier molecular flexibility index (Phi) is 4.83. The van der Waals surface area contributed by atoms with Gasteiger partial charge in [-0.25, -0.2) is 4.98 Å². The minimum absolute atomic E-state index is 0.00767. The summed E-state index contributed by atoms with van der Waals surface area (Å²) in [6.45, 7) is 0.716. The molecule has 1 aliphatic carbocycles. The van der Waals surface area contributed by atoms with E-state index in [1.165, 1.54) is 0 Å². The number of fused-ring (bicyclic) bond motifs is 2. The fraction of sp³-hybridized carbons (Fsp3) is 0.292. The smallest absolute Gasteiger partial charge is 0.247 e. The number of aromatic nitrogens is 2. The third-order valence-corrected chi connectivity index (χ3v) is 6.16. The van der Waals surface area contributed by atoms with E-state index in [0.29, 0.717) is 6.54 Å². The average molecular weight is 400 g/mol. The number of rotatable bonds is 4. The van der Waals surface area contributed by atoms with Gasteiger partial charge in [0.25, 0.3) is 0 Å². The number of para-hydroxylation sites is 2. The van der Waals surface area contributed by atoms with E-state index in [9.17, 15) is 9.59 Å². The van der Waals surface area contributed by atoms with Gasteiger partial charge >= 0.3 is 0 Å². The Bertz CT molecular complexity index is 1050. The number of carbonyl (C=O) groups is 2. The molecule has 1 saturated carbocycles. The Labute approximate surface area is 175 Å². The summed E-state index contributed by atoms with van der Waals surface area (Å²) in [7, 11) is 0. The van der Waals surface area contributed by atoms with Crippen molar-refractivity contribution in [3.8, 4) is 0 Å². The molecule has 1 aromatic heterocycles. The van der Waals surface area contributed by atoms with Crippen LogP contribution in [0.3, 0.4) is 0 Å². The van der Waals surface area contributed by atoms with Gasteiger partial charge in [-0.1, -0.05) is 48.9 Å². The van der Waals surface area contributed by atoms with Crippen molar-refractivity contribution in [2.45, 2.75) is 38.4 Å². The third kappa shape index (κ3) is 3.28. The van der Waals surface area contributed by atoms with Gasteiger partial charge in [-0.05, 0) is 30.5 Å². The van der Waals surface area contributed by atoms with Gasteiger partial charge in [0.05, 0.1) is 30.2 Å². The van der Waals surface area contributed by atoms with Gasteiger partial charge in [0, 0.05) is 18.4 Å². The molecule has 1 aliphatic heterocycles. The predicted molar refractivity (Wildman–Crippen MR) is 115 cm³/mol. The van der Waals surface area contributed by atoms with Crippen molar-refractivity contribution in [1.82, 2.24) is 9.55 Å². The summed E-state index contributed by atoms with van der Waals surface area (Å²) in [6, 6.07) is 17.7. The fourth-order valence-corrected chi connectivity index (χ4v) is 4.79. The van der Waals surface area contributed by atoms with Crippen LogP contribution in [0.15, 0.2) is 73.3 Å². The molecule has 0 spiro atoms. The van der Waals surface area contributed by atoms with E-state index in [4.69, 9.17) is 0 Å². The van der Waals surface area contributed by atoms with Crippen LogP contribution in [0.2, 0.25) is 0 Å². The number of hydrogen-bond acceptors (Lipinski definition) is 3. The van der Waals surface area contributed by atoms with Crippen molar-refractivity contribution in [1.29, 1.82) is 0 Å². The van der Waals surface area contributed by atoms with E-state index < -0.39 is 0 Å². The zero-order valence-electron chi connectivity index (χ0n) is 16.7. The summed E-state index contributed by atoms with van der Waals surface area (Å²) in [5, 5.41) is 0. The molecule has 0 unspecified atom stereocenters. The first-order valence-electron chi connectivity index (χ1n) is 10.4. The molecule has 6 heteroatoms. The molecule has 2 atom stereocenters. The summed E-state index contributed by atoms with van der Waals surface area (Å²) in [5.41, 5.74) is 2.70. The molecule has 2 amide bonds.